The number of alkyl halides is 3. The molecule has 0 saturated carbocycles. The van der Waals surface area contributed by atoms with E-state index in [1.807, 2.05) is 0 Å². The number of hydrogen-bond donors (Lipinski definition) is 0. The first-order valence-corrected chi connectivity index (χ1v) is 5.36. The summed E-state index contributed by atoms with van der Waals surface area (Å²) in [5, 5.41) is 0. The molecule has 1 aromatic rings. The summed E-state index contributed by atoms with van der Waals surface area (Å²) in [5.41, 5.74) is -1.43. The average Bonchev–Trinajstić information content (AvgIpc) is 2.56. The summed E-state index contributed by atoms with van der Waals surface area (Å²) in [4.78, 5) is 16.0. The minimum absolute atomic E-state index is 0.0736. The van der Waals surface area contributed by atoms with Crippen molar-refractivity contribution < 1.29 is 22.4 Å². The fourth-order valence-electron chi connectivity index (χ4n) is 1.95. The second-order valence-electron chi connectivity index (χ2n) is 4.16. The Morgan fingerprint density at radius 3 is 2.50 bits per heavy atom. The normalized spacial score (nSPS) is 20.6. The molecule has 0 spiro atoms. The number of anilines is 1. The average molecular weight is 262 g/mol. The quantitative estimate of drug-likeness (QED) is 0.576. The lowest BCUT2D eigenvalue weighted by Crippen LogP contribution is -2.31. The molecular formula is C11H10F4N2O. The fourth-order valence-corrected chi connectivity index (χ4v) is 1.95. The van der Waals surface area contributed by atoms with Gasteiger partial charge in [-0.05, 0) is 25.5 Å². The van der Waals surface area contributed by atoms with Gasteiger partial charge in [-0.2, -0.15) is 17.6 Å². The molecule has 2 heterocycles. The molecule has 1 atom stereocenters. The molecule has 0 bridgehead atoms. The van der Waals surface area contributed by atoms with Crippen LogP contribution in [0.25, 0.3) is 0 Å². The molecule has 18 heavy (non-hydrogen) atoms. The second-order valence-corrected chi connectivity index (χ2v) is 4.16. The Bertz CT molecular complexity index is 486. The molecule has 1 aliphatic rings. The minimum atomic E-state index is -4.78. The van der Waals surface area contributed by atoms with E-state index in [1.165, 1.54) is 4.90 Å². The van der Waals surface area contributed by atoms with Crippen LogP contribution in [0, 0.1) is 5.95 Å². The zero-order valence-electron chi connectivity index (χ0n) is 9.46. The minimum Gasteiger partial charge on any atom is -0.294 e. The summed E-state index contributed by atoms with van der Waals surface area (Å²) in [6.45, 7) is 1.74. The van der Waals surface area contributed by atoms with Crippen molar-refractivity contribution in [1.29, 1.82) is 0 Å². The van der Waals surface area contributed by atoms with Gasteiger partial charge in [0.1, 0.15) is 11.4 Å². The highest BCUT2D eigenvalue weighted by atomic mass is 19.4. The molecule has 1 aliphatic heterocycles. The van der Waals surface area contributed by atoms with Gasteiger partial charge < -0.3 is 0 Å². The predicted molar refractivity (Wildman–Crippen MR) is 55.4 cm³/mol. The van der Waals surface area contributed by atoms with Crippen LogP contribution in [0.3, 0.4) is 0 Å². The number of amides is 1. The largest absolute Gasteiger partial charge is 0.420 e. The Balaban J connectivity index is 2.38. The Morgan fingerprint density at radius 1 is 1.39 bits per heavy atom. The van der Waals surface area contributed by atoms with E-state index in [9.17, 15) is 22.4 Å². The third-order valence-corrected chi connectivity index (χ3v) is 2.87. The zero-order chi connectivity index (χ0) is 13.5. The molecule has 98 valence electrons. The molecule has 1 amide bonds. The van der Waals surface area contributed by atoms with Gasteiger partial charge in [-0.25, -0.2) is 4.98 Å². The van der Waals surface area contributed by atoms with Crippen LogP contribution >= 0.6 is 0 Å². The number of rotatable bonds is 1. The molecule has 2 rings (SSSR count). The molecule has 0 aliphatic carbocycles. The van der Waals surface area contributed by atoms with Crippen LogP contribution in [0.2, 0.25) is 0 Å². The summed E-state index contributed by atoms with van der Waals surface area (Å²) >= 11 is 0. The Hall–Kier alpha value is -1.66. The fraction of sp³-hybridized carbons (Fsp3) is 0.455. The number of carbonyl (C=O) groups is 1. The van der Waals surface area contributed by atoms with Crippen LogP contribution in [-0.2, 0) is 11.0 Å². The van der Waals surface area contributed by atoms with Crippen LogP contribution in [0.5, 0.6) is 0 Å². The number of nitrogens with zero attached hydrogens (tertiary/aromatic N) is 2. The van der Waals surface area contributed by atoms with Crippen molar-refractivity contribution in [3.63, 3.8) is 0 Å². The molecule has 1 aromatic heterocycles. The molecule has 0 aromatic carbocycles. The monoisotopic (exact) mass is 262 g/mol. The van der Waals surface area contributed by atoms with Crippen molar-refractivity contribution >= 4 is 11.7 Å². The maximum absolute atomic E-state index is 13.3. The van der Waals surface area contributed by atoms with E-state index < -0.39 is 17.7 Å². The lowest BCUT2D eigenvalue weighted by Gasteiger charge is -2.21. The van der Waals surface area contributed by atoms with Gasteiger partial charge in [0, 0.05) is 12.5 Å². The lowest BCUT2D eigenvalue weighted by molar-refractivity contribution is -0.140. The van der Waals surface area contributed by atoms with E-state index in [2.05, 4.69) is 4.98 Å². The third kappa shape index (κ3) is 2.16. The maximum Gasteiger partial charge on any atom is 0.420 e. The third-order valence-electron chi connectivity index (χ3n) is 2.87. The smallest absolute Gasteiger partial charge is 0.294 e. The van der Waals surface area contributed by atoms with Gasteiger partial charge in [0.2, 0.25) is 11.9 Å². The second kappa shape index (κ2) is 4.22. The topological polar surface area (TPSA) is 33.2 Å². The summed E-state index contributed by atoms with van der Waals surface area (Å²) in [6, 6.07) is 1.45. The van der Waals surface area contributed by atoms with E-state index in [-0.39, 0.29) is 17.8 Å². The Labute approximate surface area is 100 Å². The van der Waals surface area contributed by atoms with E-state index in [0.29, 0.717) is 18.9 Å². The highest BCUT2D eigenvalue weighted by Gasteiger charge is 2.36. The first-order valence-electron chi connectivity index (χ1n) is 5.36. The van der Waals surface area contributed by atoms with Gasteiger partial charge in [0.05, 0.1) is 0 Å². The SMILES string of the molecule is CC1CCC(=O)N1c1ccc(C(F)(F)F)c(F)n1. The van der Waals surface area contributed by atoms with Gasteiger partial charge in [-0.15, -0.1) is 0 Å². The number of aromatic nitrogens is 1. The first-order chi connectivity index (χ1) is 8.30. The Morgan fingerprint density at radius 2 is 2.06 bits per heavy atom. The Kier molecular flexibility index (Phi) is 3.00. The molecule has 0 N–H and O–H groups in total. The standard InChI is InChI=1S/C11H10F4N2O/c1-6-2-5-9(18)17(6)8-4-3-7(10(12)16-8)11(13,14)15/h3-4,6H,2,5H2,1H3. The van der Waals surface area contributed by atoms with Gasteiger partial charge in [0.25, 0.3) is 0 Å². The van der Waals surface area contributed by atoms with Crippen LogP contribution < -0.4 is 4.90 Å². The maximum atomic E-state index is 13.3. The van der Waals surface area contributed by atoms with E-state index >= 15 is 0 Å². The van der Waals surface area contributed by atoms with Crippen molar-refractivity contribution in [3.8, 4) is 0 Å². The van der Waals surface area contributed by atoms with Gasteiger partial charge >= 0.3 is 6.18 Å². The molecular weight excluding hydrogens is 252 g/mol. The lowest BCUT2D eigenvalue weighted by atomic mass is 10.2. The molecule has 1 unspecified atom stereocenters. The first kappa shape index (κ1) is 12.8. The van der Waals surface area contributed by atoms with Crippen molar-refractivity contribution in [2.75, 3.05) is 4.90 Å². The molecule has 0 radical (unpaired) electrons. The van der Waals surface area contributed by atoms with Crippen LogP contribution in [-0.4, -0.2) is 16.9 Å². The van der Waals surface area contributed by atoms with Crippen molar-refractivity contribution in [3.05, 3.63) is 23.6 Å². The highest BCUT2D eigenvalue weighted by Crippen LogP contribution is 2.33. The number of pyridine rings is 1. The molecule has 7 heteroatoms. The van der Waals surface area contributed by atoms with Crippen LogP contribution in [0.15, 0.2) is 12.1 Å². The zero-order valence-corrected chi connectivity index (χ0v) is 9.46. The van der Waals surface area contributed by atoms with Crippen molar-refractivity contribution in [2.45, 2.75) is 32.0 Å². The molecule has 1 saturated heterocycles. The van der Waals surface area contributed by atoms with Gasteiger partial charge in [0.15, 0.2) is 0 Å². The summed E-state index contributed by atoms with van der Waals surface area (Å²) in [7, 11) is 0. The van der Waals surface area contributed by atoms with E-state index in [4.69, 9.17) is 0 Å². The van der Waals surface area contributed by atoms with Crippen molar-refractivity contribution in [1.82, 2.24) is 4.98 Å². The molecule has 1 fully saturated rings. The van der Waals surface area contributed by atoms with Crippen LogP contribution in [0.4, 0.5) is 23.4 Å². The number of carbonyl (C=O) groups excluding carboxylic acids is 1. The molecule has 3 nitrogen and oxygen atoms in total. The number of halogens is 4. The number of hydrogen-bond acceptors (Lipinski definition) is 2. The van der Waals surface area contributed by atoms with E-state index in [1.54, 1.807) is 6.92 Å². The summed E-state index contributed by atoms with van der Waals surface area (Å²) in [5.74, 6) is -1.93. The van der Waals surface area contributed by atoms with Gasteiger partial charge in [-0.1, -0.05) is 0 Å². The van der Waals surface area contributed by atoms with Crippen molar-refractivity contribution in [2.24, 2.45) is 0 Å². The van der Waals surface area contributed by atoms with Crippen LogP contribution in [0.1, 0.15) is 25.3 Å². The predicted octanol–water partition coefficient (Wildman–Crippen LogP) is 2.75. The van der Waals surface area contributed by atoms with E-state index in [0.717, 1.165) is 6.07 Å². The van der Waals surface area contributed by atoms with Gasteiger partial charge in [-0.3, -0.25) is 9.69 Å². The summed E-state index contributed by atoms with van der Waals surface area (Å²) in [6.07, 6.45) is -3.90. The highest BCUT2D eigenvalue weighted by molar-refractivity contribution is 5.95. The summed E-state index contributed by atoms with van der Waals surface area (Å²) < 4.78 is 50.3.